The smallest absolute Gasteiger partial charge is 0.327 e. The number of thioether (sulfide) groups is 1. The van der Waals surface area contributed by atoms with E-state index in [1.165, 1.54) is 16.7 Å². The minimum absolute atomic E-state index is 0.0155. The first-order valence-corrected chi connectivity index (χ1v) is 6.17. The molecule has 0 spiro atoms. The molecule has 0 aromatic heterocycles. The van der Waals surface area contributed by atoms with E-state index in [0.29, 0.717) is 5.75 Å². The number of carboxylic acid groups (broad SMARTS) is 2. The molecular weight excluding hydrogens is 248 g/mol. The first-order chi connectivity index (χ1) is 7.93. The Labute approximate surface area is 102 Å². The molecular formula is C9H14N2O5S. The van der Waals surface area contributed by atoms with Gasteiger partial charge in [0, 0.05) is 12.2 Å². The minimum Gasteiger partial charge on any atom is -0.481 e. The SMILES string of the molecule is NC(CCC(=O)O)C(=O)N1CSC[C@H]1C(=O)O. The van der Waals surface area contributed by atoms with Gasteiger partial charge in [0.25, 0.3) is 0 Å². The molecule has 17 heavy (non-hydrogen) atoms. The number of nitrogens with two attached hydrogens (primary N) is 1. The van der Waals surface area contributed by atoms with Crippen LogP contribution in [0.1, 0.15) is 12.8 Å². The molecule has 1 heterocycles. The quantitative estimate of drug-likeness (QED) is 0.591. The van der Waals surface area contributed by atoms with Crippen LogP contribution in [-0.2, 0) is 14.4 Å². The highest BCUT2D eigenvalue weighted by atomic mass is 32.2. The van der Waals surface area contributed by atoms with Crippen LogP contribution in [0.3, 0.4) is 0 Å². The molecule has 2 atom stereocenters. The summed E-state index contributed by atoms with van der Waals surface area (Å²) in [6.45, 7) is 0. The van der Waals surface area contributed by atoms with E-state index in [-0.39, 0.29) is 18.7 Å². The van der Waals surface area contributed by atoms with Gasteiger partial charge in [-0.2, -0.15) is 0 Å². The van der Waals surface area contributed by atoms with Crippen LogP contribution in [0.4, 0.5) is 0 Å². The Morgan fingerprint density at radius 3 is 2.59 bits per heavy atom. The second kappa shape index (κ2) is 5.87. The summed E-state index contributed by atoms with van der Waals surface area (Å²) >= 11 is 1.34. The van der Waals surface area contributed by atoms with E-state index in [9.17, 15) is 14.4 Å². The number of carboxylic acids is 2. The summed E-state index contributed by atoms with van der Waals surface area (Å²) in [6, 6.07) is -1.81. The van der Waals surface area contributed by atoms with Crippen molar-refractivity contribution >= 4 is 29.6 Å². The van der Waals surface area contributed by atoms with Gasteiger partial charge in [0.2, 0.25) is 5.91 Å². The first-order valence-electron chi connectivity index (χ1n) is 5.02. The largest absolute Gasteiger partial charge is 0.481 e. The van der Waals surface area contributed by atoms with Gasteiger partial charge in [0.15, 0.2) is 0 Å². The molecule has 1 fully saturated rings. The molecule has 1 aliphatic heterocycles. The van der Waals surface area contributed by atoms with Crippen molar-refractivity contribution in [2.75, 3.05) is 11.6 Å². The van der Waals surface area contributed by atoms with Gasteiger partial charge in [-0.05, 0) is 6.42 Å². The predicted octanol–water partition coefficient (Wildman–Crippen LogP) is -0.835. The topological polar surface area (TPSA) is 121 Å². The van der Waals surface area contributed by atoms with Crippen molar-refractivity contribution in [2.24, 2.45) is 5.73 Å². The van der Waals surface area contributed by atoms with E-state index in [2.05, 4.69) is 0 Å². The van der Waals surface area contributed by atoms with Crippen LogP contribution < -0.4 is 5.73 Å². The fraction of sp³-hybridized carbons (Fsp3) is 0.667. The number of hydrogen-bond donors (Lipinski definition) is 3. The van der Waals surface area contributed by atoms with Crippen molar-refractivity contribution in [1.29, 1.82) is 0 Å². The molecule has 0 saturated carbocycles. The van der Waals surface area contributed by atoms with E-state index in [1.54, 1.807) is 0 Å². The van der Waals surface area contributed by atoms with Gasteiger partial charge in [0.1, 0.15) is 6.04 Å². The summed E-state index contributed by atoms with van der Waals surface area (Å²) in [5, 5.41) is 17.4. The lowest BCUT2D eigenvalue weighted by molar-refractivity contribution is -0.148. The molecule has 8 heteroatoms. The van der Waals surface area contributed by atoms with Gasteiger partial charge in [-0.25, -0.2) is 4.79 Å². The summed E-state index contributed by atoms with van der Waals surface area (Å²) in [4.78, 5) is 34.2. The van der Waals surface area contributed by atoms with Crippen molar-refractivity contribution in [3.8, 4) is 0 Å². The zero-order valence-electron chi connectivity index (χ0n) is 9.04. The van der Waals surface area contributed by atoms with Gasteiger partial charge in [-0.1, -0.05) is 0 Å². The molecule has 1 amide bonds. The van der Waals surface area contributed by atoms with Crippen molar-refractivity contribution in [3.05, 3.63) is 0 Å². The zero-order chi connectivity index (χ0) is 13.0. The molecule has 1 unspecified atom stereocenters. The molecule has 7 nitrogen and oxygen atoms in total. The standard InChI is InChI=1S/C9H14N2O5S/c10-5(1-2-7(12)13)8(14)11-4-17-3-6(11)9(15)16/h5-6H,1-4,10H2,(H,12,13)(H,15,16)/t5?,6-/m0/s1. The van der Waals surface area contributed by atoms with E-state index in [1.807, 2.05) is 0 Å². The van der Waals surface area contributed by atoms with Crippen LogP contribution in [0.5, 0.6) is 0 Å². The van der Waals surface area contributed by atoms with Crippen LogP contribution in [0, 0.1) is 0 Å². The Kier molecular flexibility index (Phi) is 4.76. The van der Waals surface area contributed by atoms with Crippen LogP contribution in [0.2, 0.25) is 0 Å². The Hall–Kier alpha value is -1.28. The van der Waals surface area contributed by atoms with E-state index >= 15 is 0 Å². The number of hydrogen-bond acceptors (Lipinski definition) is 5. The molecule has 4 N–H and O–H groups in total. The highest BCUT2D eigenvalue weighted by Crippen LogP contribution is 2.22. The monoisotopic (exact) mass is 262 g/mol. The molecule has 0 bridgehead atoms. The number of carbonyl (C=O) groups excluding carboxylic acids is 1. The van der Waals surface area contributed by atoms with E-state index < -0.39 is 29.9 Å². The van der Waals surface area contributed by atoms with E-state index in [0.717, 1.165) is 0 Å². The van der Waals surface area contributed by atoms with Crippen LogP contribution in [0.15, 0.2) is 0 Å². The first kappa shape index (κ1) is 13.8. The third kappa shape index (κ3) is 3.60. The summed E-state index contributed by atoms with van der Waals surface area (Å²) in [7, 11) is 0. The van der Waals surface area contributed by atoms with Gasteiger partial charge in [-0.3, -0.25) is 9.59 Å². The van der Waals surface area contributed by atoms with Crippen molar-refractivity contribution in [3.63, 3.8) is 0 Å². The van der Waals surface area contributed by atoms with Gasteiger partial charge in [-0.15, -0.1) is 11.8 Å². The third-order valence-corrected chi connectivity index (χ3v) is 3.45. The molecule has 0 aromatic carbocycles. The molecule has 0 aliphatic carbocycles. The number of amides is 1. The average Bonchev–Trinajstić information content (AvgIpc) is 2.73. The fourth-order valence-electron chi connectivity index (χ4n) is 1.48. The summed E-state index contributed by atoms with van der Waals surface area (Å²) in [5.74, 6) is -1.96. The Balaban J connectivity index is 2.56. The number of aliphatic carboxylic acids is 2. The lowest BCUT2D eigenvalue weighted by Gasteiger charge is -2.23. The van der Waals surface area contributed by atoms with Crippen LogP contribution >= 0.6 is 11.8 Å². The molecule has 0 aromatic rings. The van der Waals surface area contributed by atoms with Crippen LogP contribution in [-0.4, -0.2) is 56.7 Å². The maximum absolute atomic E-state index is 11.8. The van der Waals surface area contributed by atoms with E-state index in [4.69, 9.17) is 15.9 Å². The molecule has 0 radical (unpaired) electrons. The number of nitrogens with zero attached hydrogens (tertiary/aromatic N) is 1. The highest BCUT2D eigenvalue weighted by Gasteiger charge is 2.36. The van der Waals surface area contributed by atoms with Gasteiger partial charge >= 0.3 is 11.9 Å². The Bertz CT molecular complexity index is 335. The maximum atomic E-state index is 11.8. The van der Waals surface area contributed by atoms with Crippen LogP contribution in [0.25, 0.3) is 0 Å². The van der Waals surface area contributed by atoms with Gasteiger partial charge < -0.3 is 20.8 Å². The average molecular weight is 262 g/mol. The van der Waals surface area contributed by atoms with Crippen molar-refractivity contribution < 1.29 is 24.6 Å². The summed E-state index contributed by atoms with van der Waals surface area (Å²) in [6.07, 6.45) is -0.187. The second-order valence-corrected chi connectivity index (χ2v) is 4.70. The molecule has 1 rings (SSSR count). The fourth-order valence-corrected chi connectivity index (χ4v) is 2.63. The number of carbonyl (C=O) groups is 3. The maximum Gasteiger partial charge on any atom is 0.327 e. The predicted molar refractivity (Wildman–Crippen MR) is 60.4 cm³/mol. The Morgan fingerprint density at radius 2 is 2.06 bits per heavy atom. The van der Waals surface area contributed by atoms with Crippen molar-refractivity contribution in [2.45, 2.75) is 24.9 Å². The second-order valence-electron chi connectivity index (χ2n) is 3.70. The normalized spacial score (nSPS) is 21.2. The lowest BCUT2D eigenvalue weighted by Crippen LogP contribution is -2.49. The minimum atomic E-state index is -1.06. The van der Waals surface area contributed by atoms with Crippen molar-refractivity contribution in [1.82, 2.24) is 4.90 Å². The highest BCUT2D eigenvalue weighted by molar-refractivity contribution is 7.99. The third-order valence-electron chi connectivity index (χ3n) is 2.44. The number of rotatable bonds is 5. The molecule has 96 valence electrons. The Morgan fingerprint density at radius 1 is 1.41 bits per heavy atom. The molecule has 1 saturated heterocycles. The lowest BCUT2D eigenvalue weighted by atomic mass is 10.1. The zero-order valence-corrected chi connectivity index (χ0v) is 9.85. The molecule has 1 aliphatic rings. The summed E-state index contributed by atoms with van der Waals surface area (Å²) < 4.78 is 0. The van der Waals surface area contributed by atoms with Gasteiger partial charge in [0.05, 0.1) is 11.9 Å². The summed E-state index contributed by atoms with van der Waals surface area (Å²) in [5.41, 5.74) is 5.55.